The van der Waals surface area contributed by atoms with Gasteiger partial charge in [0.25, 0.3) is 20.2 Å². The topological polar surface area (TPSA) is 310 Å². The molecular formula is C40H44N12O9S2. The smallest absolute Gasteiger partial charge is 0.295 e. The Bertz CT molecular complexity index is 2760. The number of aliphatic hydroxyl groups excluding tert-OH is 3. The van der Waals surface area contributed by atoms with E-state index in [2.05, 4.69) is 56.5 Å². The zero-order valence-electron chi connectivity index (χ0n) is 33.7. The Balaban J connectivity index is 1.30. The summed E-state index contributed by atoms with van der Waals surface area (Å²) in [5, 5.41) is 44.4. The Morgan fingerprint density at radius 2 is 0.937 bits per heavy atom. The Hall–Kier alpha value is -6.86. The molecule has 0 saturated heterocycles. The van der Waals surface area contributed by atoms with Gasteiger partial charge >= 0.3 is 0 Å². The molecule has 0 radical (unpaired) electrons. The molecule has 6 rings (SSSR count). The van der Waals surface area contributed by atoms with Gasteiger partial charge in [0.15, 0.2) is 0 Å². The fraction of sp³-hybridized carbons (Fsp3) is 0.200. The van der Waals surface area contributed by atoms with Crippen molar-refractivity contribution in [3.63, 3.8) is 0 Å². The number of hydrogen-bond donors (Lipinski definition) is 10. The Morgan fingerprint density at radius 3 is 1.32 bits per heavy atom. The summed E-state index contributed by atoms with van der Waals surface area (Å²) >= 11 is 0. The highest BCUT2D eigenvalue weighted by molar-refractivity contribution is 7.86. The first-order valence-corrected chi connectivity index (χ1v) is 22.0. The van der Waals surface area contributed by atoms with Crippen molar-refractivity contribution in [2.75, 3.05) is 57.7 Å². The van der Waals surface area contributed by atoms with E-state index in [9.17, 15) is 41.3 Å². The molecule has 4 aromatic carbocycles. The van der Waals surface area contributed by atoms with Crippen LogP contribution in [0.5, 0.6) is 0 Å². The van der Waals surface area contributed by atoms with Gasteiger partial charge in [-0.1, -0.05) is 60.7 Å². The number of nitrogens with one attached hydrogen (secondary N) is 5. The molecule has 0 saturated carbocycles. The first-order valence-electron chi connectivity index (χ1n) is 19.1. The Morgan fingerprint density at radius 1 is 0.556 bits per heavy atom. The molecule has 330 valence electrons. The molecule has 0 aliphatic carbocycles. The van der Waals surface area contributed by atoms with Crippen LogP contribution in [0.3, 0.4) is 0 Å². The van der Waals surface area contributed by atoms with Gasteiger partial charge in [-0.15, -0.1) is 0 Å². The molecule has 0 fully saturated rings. The van der Waals surface area contributed by atoms with Gasteiger partial charge in [0.2, 0.25) is 35.7 Å². The lowest BCUT2D eigenvalue weighted by Gasteiger charge is -2.26. The molecule has 10 N–H and O–H groups in total. The van der Waals surface area contributed by atoms with E-state index in [1.54, 1.807) is 55.1 Å². The maximum absolute atomic E-state index is 12.7. The summed E-state index contributed by atoms with van der Waals surface area (Å²) in [5.74, 6) is 0.303. The first-order chi connectivity index (χ1) is 30.0. The molecule has 2 heterocycles. The third kappa shape index (κ3) is 13.3. The first kappa shape index (κ1) is 45.7. The molecular weight excluding hydrogens is 857 g/mol. The summed E-state index contributed by atoms with van der Waals surface area (Å²) in [7, 11) is -9.78. The molecule has 0 aliphatic rings. The molecule has 0 amide bonds. The second-order valence-electron chi connectivity index (χ2n) is 13.9. The predicted molar refractivity (Wildman–Crippen MR) is 238 cm³/mol. The standard InChI is InChI=1S/C40H44N12O9S2/c1-25(54)23-52(24-26(2)55)40-50-38(43-30-11-7-4-8-12-30)49-39(51-40)45-32-18-16-28(34(22-32)63(59,60)61)14-13-27-15-17-31(21-33(27)62(56,57)58)44-37-47-35(41-19-20-53)46-36(48-37)42-29-9-5-3-6-10-29/h3-18,21-22,25-26,53-55H,19-20,23-24H2,1-2H3,(H,56,57,58)(H,59,60,61)(H2,43,45,49,50,51)(H3,41,42,44,46,47,48)/b14-13+. The molecule has 0 aliphatic heterocycles. The van der Waals surface area contributed by atoms with Crippen LogP contribution in [-0.4, -0.2) is 110 Å². The summed E-state index contributed by atoms with van der Waals surface area (Å²) < 4.78 is 71.3. The minimum Gasteiger partial charge on any atom is -0.395 e. The van der Waals surface area contributed by atoms with E-state index < -0.39 is 42.2 Å². The number of nitrogens with zero attached hydrogens (tertiary/aromatic N) is 7. The van der Waals surface area contributed by atoms with E-state index in [1.807, 2.05) is 24.3 Å². The molecule has 21 nitrogen and oxygen atoms in total. The van der Waals surface area contributed by atoms with Gasteiger partial charge in [0.05, 0.1) is 18.8 Å². The van der Waals surface area contributed by atoms with Crippen molar-refractivity contribution in [2.45, 2.75) is 35.8 Å². The summed E-state index contributed by atoms with van der Waals surface area (Å²) in [6, 6.07) is 25.9. The number of para-hydroxylation sites is 2. The molecule has 2 atom stereocenters. The SMILES string of the molecule is CC(O)CN(CC(C)O)c1nc(Nc2ccccc2)nc(Nc2ccc(/C=C/c3ccc(Nc4nc(NCCO)nc(Nc5ccccc5)n4)cc3S(=O)(=O)O)c(S(=O)(=O)O)c2)n1. The highest BCUT2D eigenvalue weighted by atomic mass is 32.2. The van der Waals surface area contributed by atoms with Crippen LogP contribution in [0.25, 0.3) is 12.2 Å². The van der Waals surface area contributed by atoms with Gasteiger partial charge < -0.3 is 46.8 Å². The molecule has 2 unspecified atom stereocenters. The Kier molecular flexibility index (Phi) is 14.7. The summed E-state index contributed by atoms with van der Waals surface area (Å²) in [6.45, 7) is 3.17. The normalized spacial score (nSPS) is 12.7. The minimum absolute atomic E-state index is 0.0196. The van der Waals surface area contributed by atoms with E-state index >= 15 is 0 Å². The number of rotatable bonds is 20. The van der Waals surface area contributed by atoms with Gasteiger partial charge in [-0.2, -0.15) is 46.7 Å². The zero-order valence-corrected chi connectivity index (χ0v) is 35.3. The molecule has 2 aromatic heterocycles. The second kappa shape index (κ2) is 20.3. The van der Waals surface area contributed by atoms with Crippen molar-refractivity contribution in [2.24, 2.45) is 0 Å². The lowest BCUT2D eigenvalue weighted by atomic mass is 10.1. The minimum atomic E-state index is -4.90. The lowest BCUT2D eigenvalue weighted by Crippen LogP contribution is -2.37. The van der Waals surface area contributed by atoms with Gasteiger partial charge in [-0.3, -0.25) is 9.11 Å². The lowest BCUT2D eigenvalue weighted by molar-refractivity contribution is 0.177. The molecule has 23 heteroatoms. The fourth-order valence-corrected chi connectivity index (χ4v) is 7.33. The number of anilines is 10. The van der Waals surface area contributed by atoms with Crippen LogP contribution in [0.4, 0.5) is 58.4 Å². The van der Waals surface area contributed by atoms with Crippen molar-refractivity contribution < 1.29 is 41.3 Å². The van der Waals surface area contributed by atoms with Crippen molar-refractivity contribution in [3.05, 3.63) is 108 Å². The van der Waals surface area contributed by atoms with Crippen LogP contribution in [-0.2, 0) is 20.2 Å². The number of aliphatic hydroxyl groups is 3. The zero-order chi connectivity index (χ0) is 45.1. The van der Waals surface area contributed by atoms with Gasteiger partial charge in [-0.25, -0.2) is 0 Å². The second-order valence-corrected chi connectivity index (χ2v) is 16.6. The highest BCUT2D eigenvalue weighted by Crippen LogP contribution is 2.29. The fourth-order valence-electron chi connectivity index (χ4n) is 5.91. The largest absolute Gasteiger partial charge is 0.395 e. The molecule has 6 aromatic rings. The quantitative estimate of drug-likeness (QED) is 0.0368. The van der Waals surface area contributed by atoms with Crippen molar-refractivity contribution >= 4 is 90.8 Å². The van der Waals surface area contributed by atoms with E-state index in [1.165, 1.54) is 36.4 Å². The van der Waals surface area contributed by atoms with Crippen LogP contribution < -0.4 is 31.5 Å². The van der Waals surface area contributed by atoms with Crippen molar-refractivity contribution in [3.8, 4) is 0 Å². The highest BCUT2D eigenvalue weighted by Gasteiger charge is 2.21. The maximum atomic E-state index is 12.7. The van der Waals surface area contributed by atoms with Crippen molar-refractivity contribution in [1.29, 1.82) is 0 Å². The van der Waals surface area contributed by atoms with Gasteiger partial charge in [0, 0.05) is 42.4 Å². The van der Waals surface area contributed by atoms with Crippen molar-refractivity contribution in [1.82, 2.24) is 29.9 Å². The van der Waals surface area contributed by atoms with Crippen LogP contribution in [0.1, 0.15) is 25.0 Å². The summed E-state index contributed by atoms with van der Waals surface area (Å²) in [5.41, 5.74) is 1.46. The average molecular weight is 901 g/mol. The van der Waals surface area contributed by atoms with Crippen LogP contribution in [0, 0.1) is 0 Å². The number of benzene rings is 4. The van der Waals surface area contributed by atoms with E-state index in [0.717, 1.165) is 12.1 Å². The van der Waals surface area contributed by atoms with Crippen LogP contribution >= 0.6 is 0 Å². The summed E-state index contributed by atoms with van der Waals surface area (Å²) in [6.07, 6.45) is 0.834. The van der Waals surface area contributed by atoms with Crippen LogP contribution in [0.15, 0.2) is 107 Å². The van der Waals surface area contributed by atoms with Gasteiger partial charge in [-0.05, 0) is 73.5 Å². The molecule has 0 spiro atoms. The molecule has 0 bridgehead atoms. The van der Waals surface area contributed by atoms with E-state index in [4.69, 9.17) is 0 Å². The molecule has 63 heavy (non-hydrogen) atoms. The summed E-state index contributed by atoms with van der Waals surface area (Å²) in [4.78, 5) is 26.7. The Labute approximate surface area is 362 Å². The van der Waals surface area contributed by atoms with E-state index in [0.29, 0.717) is 11.4 Å². The number of aromatic nitrogens is 6. The number of hydrogen-bond acceptors (Lipinski definition) is 19. The van der Waals surface area contributed by atoms with E-state index in [-0.39, 0.29) is 84.4 Å². The van der Waals surface area contributed by atoms with Crippen LogP contribution in [0.2, 0.25) is 0 Å². The third-order valence-electron chi connectivity index (χ3n) is 8.50. The average Bonchev–Trinajstić information content (AvgIpc) is 3.22. The monoisotopic (exact) mass is 900 g/mol. The predicted octanol–water partition coefficient (Wildman–Crippen LogP) is 4.67. The van der Waals surface area contributed by atoms with Gasteiger partial charge in [0.1, 0.15) is 9.79 Å². The maximum Gasteiger partial charge on any atom is 0.295 e. The third-order valence-corrected chi connectivity index (χ3v) is 10.3.